The molecular formula is C26H32Cl2N4O4. The number of hydrogen-bond acceptors (Lipinski definition) is 5. The standard InChI is InChI=1S/C26H32Cl2N4O4/c1-31(24(33)14-17-7-8-20(27)21(28)13-17)23(16-32-11-2-3-12-32)18-5-4-6-19(15-18)30-26(36)22(29)9-10-25(34)35/h4-8,13,15,22-23H,2-3,9-12,14,16,29H2,1H3,(H,30,36)(H,34,35)/t22-,23-/m1/s1. The minimum Gasteiger partial charge on any atom is -0.481 e. The highest BCUT2D eigenvalue weighted by molar-refractivity contribution is 6.42. The van der Waals surface area contributed by atoms with E-state index in [1.807, 2.05) is 18.2 Å². The summed E-state index contributed by atoms with van der Waals surface area (Å²) in [7, 11) is 1.79. The Labute approximate surface area is 221 Å². The molecule has 10 heteroatoms. The number of carbonyl (C=O) groups excluding carboxylic acids is 2. The van der Waals surface area contributed by atoms with Gasteiger partial charge in [-0.2, -0.15) is 0 Å². The second-order valence-electron chi connectivity index (χ2n) is 9.11. The van der Waals surface area contributed by atoms with Crippen molar-refractivity contribution < 1.29 is 19.5 Å². The third-order valence-electron chi connectivity index (χ3n) is 6.37. The van der Waals surface area contributed by atoms with Gasteiger partial charge in [-0.15, -0.1) is 0 Å². The number of benzene rings is 2. The molecule has 1 aliphatic rings. The number of nitrogens with zero attached hydrogens (tertiary/aromatic N) is 2. The van der Waals surface area contributed by atoms with Crippen LogP contribution in [0, 0.1) is 0 Å². The second kappa shape index (κ2) is 13.1. The van der Waals surface area contributed by atoms with Gasteiger partial charge in [-0.25, -0.2) is 0 Å². The van der Waals surface area contributed by atoms with Gasteiger partial charge in [0.15, 0.2) is 0 Å². The number of carboxylic acid groups (broad SMARTS) is 1. The van der Waals surface area contributed by atoms with Crippen molar-refractivity contribution in [1.82, 2.24) is 9.80 Å². The van der Waals surface area contributed by atoms with Gasteiger partial charge in [-0.3, -0.25) is 14.4 Å². The Morgan fingerprint density at radius 2 is 1.83 bits per heavy atom. The van der Waals surface area contributed by atoms with Crippen LogP contribution in [0.1, 0.15) is 42.9 Å². The largest absolute Gasteiger partial charge is 0.481 e. The number of carbonyl (C=O) groups is 3. The maximum Gasteiger partial charge on any atom is 0.303 e. The lowest BCUT2D eigenvalue weighted by Crippen LogP contribution is -2.39. The summed E-state index contributed by atoms with van der Waals surface area (Å²) < 4.78 is 0. The molecule has 1 fully saturated rings. The highest BCUT2D eigenvalue weighted by Crippen LogP contribution is 2.27. The normalized spacial score (nSPS) is 15.3. The number of amides is 2. The maximum atomic E-state index is 13.3. The average Bonchev–Trinajstić information content (AvgIpc) is 3.36. The molecule has 0 spiro atoms. The molecule has 8 nitrogen and oxygen atoms in total. The minimum absolute atomic E-state index is 0.0460. The zero-order chi connectivity index (χ0) is 26.2. The highest BCUT2D eigenvalue weighted by atomic mass is 35.5. The van der Waals surface area contributed by atoms with Crippen molar-refractivity contribution in [2.24, 2.45) is 5.73 Å². The molecule has 0 radical (unpaired) electrons. The first kappa shape index (κ1) is 27.9. The quantitative estimate of drug-likeness (QED) is 0.401. The monoisotopic (exact) mass is 534 g/mol. The molecule has 0 aromatic heterocycles. The third-order valence-corrected chi connectivity index (χ3v) is 7.11. The van der Waals surface area contributed by atoms with Gasteiger partial charge in [0.2, 0.25) is 11.8 Å². The zero-order valence-corrected chi connectivity index (χ0v) is 21.8. The predicted octanol–water partition coefficient (Wildman–Crippen LogP) is 3.96. The van der Waals surface area contributed by atoms with Crippen LogP contribution >= 0.6 is 23.2 Å². The lowest BCUT2D eigenvalue weighted by Gasteiger charge is -2.32. The van der Waals surface area contributed by atoms with Crippen LogP contribution in [0.5, 0.6) is 0 Å². The molecule has 2 aromatic rings. The number of rotatable bonds is 11. The summed E-state index contributed by atoms with van der Waals surface area (Å²) in [5.74, 6) is -1.52. The van der Waals surface area contributed by atoms with Crippen LogP contribution in [0.15, 0.2) is 42.5 Å². The molecule has 3 rings (SSSR count). The van der Waals surface area contributed by atoms with Gasteiger partial charge in [0, 0.05) is 25.7 Å². The molecule has 2 amide bonds. The van der Waals surface area contributed by atoms with Crippen molar-refractivity contribution in [2.75, 3.05) is 32.0 Å². The first-order valence-electron chi connectivity index (χ1n) is 11.9. The Hall–Kier alpha value is -2.65. The minimum atomic E-state index is -1.00. The molecule has 4 N–H and O–H groups in total. The fourth-order valence-corrected chi connectivity index (χ4v) is 4.57. The van der Waals surface area contributed by atoms with E-state index in [1.54, 1.807) is 36.2 Å². The van der Waals surface area contributed by atoms with Crippen molar-refractivity contribution in [3.05, 3.63) is 63.6 Å². The van der Waals surface area contributed by atoms with Gasteiger partial charge >= 0.3 is 5.97 Å². The molecule has 2 aromatic carbocycles. The van der Waals surface area contributed by atoms with Crippen LogP contribution in [-0.2, 0) is 20.8 Å². The first-order valence-corrected chi connectivity index (χ1v) is 12.7. The van der Waals surface area contributed by atoms with Crippen molar-refractivity contribution in [3.8, 4) is 0 Å². The van der Waals surface area contributed by atoms with Crippen LogP contribution < -0.4 is 11.1 Å². The van der Waals surface area contributed by atoms with E-state index in [9.17, 15) is 14.4 Å². The van der Waals surface area contributed by atoms with E-state index >= 15 is 0 Å². The van der Waals surface area contributed by atoms with Crippen molar-refractivity contribution in [3.63, 3.8) is 0 Å². The van der Waals surface area contributed by atoms with E-state index in [-0.39, 0.29) is 31.2 Å². The Morgan fingerprint density at radius 3 is 2.50 bits per heavy atom. The Morgan fingerprint density at radius 1 is 1.11 bits per heavy atom. The van der Waals surface area contributed by atoms with Crippen LogP contribution in [0.3, 0.4) is 0 Å². The molecule has 36 heavy (non-hydrogen) atoms. The van der Waals surface area contributed by atoms with Crippen molar-refractivity contribution in [1.29, 1.82) is 0 Å². The highest BCUT2D eigenvalue weighted by Gasteiger charge is 2.26. The predicted molar refractivity (Wildman–Crippen MR) is 141 cm³/mol. The second-order valence-corrected chi connectivity index (χ2v) is 9.92. The van der Waals surface area contributed by atoms with E-state index in [4.69, 9.17) is 34.0 Å². The molecule has 1 heterocycles. The van der Waals surface area contributed by atoms with Crippen LogP contribution in [0.2, 0.25) is 10.0 Å². The number of anilines is 1. The van der Waals surface area contributed by atoms with Crippen LogP contribution in [0.25, 0.3) is 0 Å². The molecule has 2 atom stereocenters. The first-order chi connectivity index (χ1) is 17.1. The molecule has 0 saturated carbocycles. The fourth-order valence-electron chi connectivity index (χ4n) is 4.25. The van der Waals surface area contributed by atoms with Crippen LogP contribution in [-0.4, -0.2) is 65.4 Å². The van der Waals surface area contributed by atoms with Crippen molar-refractivity contribution >= 4 is 46.7 Å². The summed E-state index contributed by atoms with van der Waals surface area (Å²) in [5, 5.41) is 12.4. The number of nitrogens with one attached hydrogen (secondary N) is 1. The fraction of sp³-hybridized carbons (Fsp3) is 0.423. The number of aliphatic carboxylic acids is 1. The van der Waals surface area contributed by atoms with E-state index in [1.165, 1.54) is 0 Å². The zero-order valence-electron chi connectivity index (χ0n) is 20.3. The SMILES string of the molecule is CN(C(=O)Cc1ccc(Cl)c(Cl)c1)[C@H](CN1CCCC1)c1cccc(NC(=O)[C@H](N)CCC(=O)O)c1. The van der Waals surface area contributed by atoms with Gasteiger partial charge in [-0.1, -0.05) is 41.4 Å². The number of likely N-dealkylation sites (N-methyl/N-ethyl adjacent to an activating group) is 1. The Kier molecular flexibility index (Phi) is 10.1. The summed E-state index contributed by atoms with van der Waals surface area (Å²) in [4.78, 5) is 40.6. The summed E-state index contributed by atoms with van der Waals surface area (Å²) in [6.07, 6.45) is 2.29. The summed E-state index contributed by atoms with van der Waals surface area (Å²) in [6, 6.07) is 11.3. The molecule has 1 aliphatic heterocycles. The van der Waals surface area contributed by atoms with Gasteiger partial charge in [-0.05, 0) is 67.7 Å². The third kappa shape index (κ3) is 7.93. The summed E-state index contributed by atoms with van der Waals surface area (Å²) in [6.45, 7) is 2.61. The summed E-state index contributed by atoms with van der Waals surface area (Å²) in [5.41, 5.74) is 8.04. The molecule has 194 valence electrons. The lowest BCUT2D eigenvalue weighted by atomic mass is 10.0. The molecule has 0 bridgehead atoms. The van der Waals surface area contributed by atoms with Crippen LogP contribution in [0.4, 0.5) is 5.69 Å². The van der Waals surface area contributed by atoms with Gasteiger partial charge in [0.05, 0.1) is 28.5 Å². The molecule has 1 saturated heterocycles. The average molecular weight is 535 g/mol. The van der Waals surface area contributed by atoms with Crippen molar-refractivity contribution in [2.45, 2.75) is 44.2 Å². The summed E-state index contributed by atoms with van der Waals surface area (Å²) >= 11 is 12.1. The Bertz CT molecular complexity index is 1090. The number of halogens is 2. The Balaban J connectivity index is 1.77. The van der Waals surface area contributed by atoms with E-state index in [0.717, 1.165) is 37.1 Å². The number of carboxylic acids is 1. The lowest BCUT2D eigenvalue weighted by molar-refractivity contribution is -0.137. The molecule has 0 aliphatic carbocycles. The van der Waals surface area contributed by atoms with E-state index in [0.29, 0.717) is 22.3 Å². The smallest absolute Gasteiger partial charge is 0.303 e. The maximum absolute atomic E-state index is 13.3. The number of nitrogens with two attached hydrogens (primary N) is 1. The van der Waals surface area contributed by atoms with Gasteiger partial charge in [0.1, 0.15) is 0 Å². The van der Waals surface area contributed by atoms with E-state index < -0.39 is 17.9 Å². The molecular weight excluding hydrogens is 503 g/mol. The van der Waals surface area contributed by atoms with Gasteiger partial charge < -0.3 is 26.0 Å². The topological polar surface area (TPSA) is 116 Å². The molecule has 0 unspecified atom stereocenters. The number of likely N-dealkylation sites (tertiary alicyclic amines) is 1. The van der Waals surface area contributed by atoms with E-state index in [2.05, 4.69) is 10.2 Å². The number of hydrogen-bond donors (Lipinski definition) is 3. The van der Waals surface area contributed by atoms with Gasteiger partial charge in [0.25, 0.3) is 0 Å².